The molecule has 0 saturated carbocycles. The Morgan fingerprint density at radius 2 is 2.06 bits per heavy atom. The molecule has 0 bridgehead atoms. The van der Waals surface area contributed by atoms with E-state index in [1.165, 1.54) is 11.3 Å². The Balaban J connectivity index is 2.31. The third-order valence-corrected chi connectivity index (χ3v) is 2.89. The summed E-state index contributed by atoms with van der Waals surface area (Å²) < 4.78 is 0. The van der Waals surface area contributed by atoms with Crippen LogP contribution in [0.25, 0.3) is 11.3 Å². The van der Waals surface area contributed by atoms with E-state index < -0.39 is 0 Å². The predicted molar refractivity (Wildman–Crippen MR) is 69.5 cm³/mol. The molecule has 1 aromatic carbocycles. The van der Waals surface area contributed by atoms with E-state index in [-0.39, 0.29) is 0 Å². The van der Waals surface area contributed by atoms with Gasteiger partial charge < -0.3 is 5.73 Å². The van der Waals surface area contributed by atoms with Crippen LogP contribution in [0.15, 0.2) is 34.6 Å². The molecule has 0 fully saturated rings. The summed E-state index contributed by atoms with van der Waals surface area (Å²) in [6, 6.07) is 7.54. The molecule has 3 nitrogen and oxygen atoms in total. The van der Waals surface area contributed by atoms with E-state index in [4.69, 9.17) is 17.3 Å². The van der Waals surface area contributed by atoms with Gasteiger partial charge in [0.25, 0.3) is 0 Å². The minimum absolute atomic E-state index is 0.511. The zero-order chi connectivity index (χ0) is 11.5. The topological polar surface area (TPSA) is 51.3 Å². The molecular weight excluding hydrogens is 242 g/mol. The number of thiazole rings is 1. The number of benzene rings is 1. The van der Waals surface area contributed by atoms with Gasteiger partial charge in [-0.1, -0.05) is 23.7 Å². The summed E-state index contributed by atoms with van der Waals surface area (Å²) in [7, 11) is 0. The lowest BCUT2D eigenvalue weighted by Crippen LogP contribution is -2.03. The van der Waals surface area contributed by atoms with Crippen LogP contribution < -0.4 is 5.73 Å². The average molecular weight is 252 g/mol. The van der Waals surface area contributed by atoms with E-state index >= 15 is 0 Å². The highest BCUT2D eigenvalue weighted by atomic mass is 35.5. The van der Waals surface area contributed by atoms with Crippen molar-refractivity contribution in [1.82, 2.24) is 4.98 Å². The van der Waals surface area contributed by atoms with Crippen molar-refractivity contribution in [3.63, 3.8) is 0 Å². The molecule has 0 spiro atoms. The second-order valence-electron chi connectivity index (χ2n) is 3.28. The van der Waals surface area contributed by atoms with Crippen molar-refractivity contribution >= 4 is 33.9 Å². The van der Waals surface area contributed by atoms with Gasteiger partial charge in [0, 0.05) is 16.0 Å². The fraction of sp³-hybridized carbons (Fsp3) is 0.0909. The minimum atomic E-state index is 0.511. The maximum Gasteiger partial charge on any atom is 0.211 e. The third kappa shape index (κ3) is 2.59. The summed E-state index contributed by atoms with van der Waals surface area (Å²) in [5, 5.41) is 3.34. The van der Waals surface area contributed by atoms with Crippen LogP contribution in [-0.4, -0.2) is 10.8 Å². The standard InChI is InChI=1S/C11H10ClN3S/c1-7(13)14-11-15-10(6-16-11)8-2-4-9(12)5-3-8/h2-6H,1H3,(H2,13,14,15). The summed E-state index contributed by atoms with van der Waals surface area (Å²) in [5.74, 6) is 0.511. The normalized spacial score (nSPS) is 11.8. The Hall–Kier alpha value is -1.39. The van der Waals surface area contributed by atoms with Gasteiger partial charge in [0.15, 0.2) is 0 Å². The van der Waals surface area contributed by atoms with Gasteiger partial charge in [-0.05, 0) is 19.1 Å². The maximum absolute atomic E-state index is 5.82. The Bertz CT molecular complexity index is 512. The molecule has 2 aromatic rings. The van der Waals surface area contributed by atoms with Crippen molar-refractivity contribution in [2.24, 2.45) is 10.7 Å². The van der Waals surface area contributed by atoms with Crippen LogP contribution in [0, 0.1) is 0 Å². The van der Waals surface area contributed by atoms with E-state index in [0.29, 0.717) is 11.0 Å². The van der Waals surface area contributed by atoms with Gasteiger partial charge in [0.2, 0.25) is 5.13 Å². The van der Waals surface area contributed by atoms with Gasteiger partial charge >= 0.3 is 0 Å². The van der Waals surface area contributed by atoms with Gasteiger partial charge in [-0.2, -0.15) is 0 Å². The maximum atomic E-state index is 5.82. The Morgan fingerprint density at radius 1 is 1.38 bits per heavy atom. The van der Waals surface area contributed by atoms with Crippen LogP contribution in [-0.2, 0) is 0 Å². The van der Waals surface area contributed by atoms with Gasteiger partial charge in [0.05, 0.1) is 11.5 Å². The van der Waals surface area contributed by atoms with E-state index in [1.54, 1.807) is 6.92 Å². The van der Waals surface area contributed by atoms with Crippen molar-refractivity contribution in [2.45, 2.75) is 6.92 Å². The second-order valence-corrected chi connectivity index (χ2v) is 4.55. The zero-order valence-corrected chi connectivity index (χ0v) is 10.2. The number of aromatic nitrogens is 1. The molecule has 0 amide bonds. The highest BCUT2D eigenvalue weighted by Crippen LogP contribution is 2.27. The Kier molecular flexibility index (Phi) is 3.22. The molecule has 1 heterocycles. The van der Waals surface area contributed by atoms with E-state index in [2.05, 4.69) is 9.98 Å². The molecule has 5 heteroatoms. The number of nitrogens with zero attached hydrogens (tertiary/aromatic N) is 2. The first kappa shape index (κ1) is 11.1. The van der Waals surface area contributed by atoms with Gasteiger partial charge in [-0.25, -0.2) is 9.98 Å². The fourth-order valence-electron chi connectivity index (χ4n) is 1.22. The number of nitrogens with two attached hydrogens (primary N) is 1. The lowest BCUT2D eigenvalue weighted by atomic mass is 10.2. The van der Waals surface area contributed by atoms with Crippen LogP contribution in [0.1, 0.15) is 6.92 Å². The number of aliphatic imine (C=N–C) groups is 1. The lowest BCUT2D eigenvalue weighted by molar-refractivity contribution is 1.34. The highest BCUT2D eigenvalue weighted by Gasteiger charge is 2.03. The largest absolute Gasteiger partial charge is 0.387 e. The molecule has 1 aromatic heterocycles. The van der Waals surface area contributed by atoms with Crippen LogP contribution in [0.5, 0.6) is 0 Å². The SMILES string of the molecule is CC(N)=Nc1nc(-c2ccc(Cl)cc2)cs1. The van der Waals surface area contributed by atoms with Crippen molar-refractivity contribution in [2.75, 3.05) is 0 Å². The quantitative estimate of drug-likeness (QED) is 0.656. The van der Waals surface area contributed by atoms with E-state index in [1.807, 2.05) is 29.6 Å². The minimum Gasteiger partial charge on any atom is -0.387 e. The zero-order valence-electron chi connectivity index (χ0n) is 8.64. The Labute approximate surface area is 103 Å². The lowest BCUT2D eigenvalue weighted by Gasteiger charge is -1.95. The molecular formula is C11H10ClN3S. The third-order valence-electron chi connectivity index (χ3n) is 1.90. The first-order chi connectivity index (χ1) is 7.65. The van der Waals surface area contributed by atoms with Crippen LogP contribution in [0.4, 0.5) is 5.13 Å². The van der Waals surface area contributed by atoms with Crippen molar-refractivity contribution < 1.29 is 0 Å². The second kappa shape index (κ2) is 4.63. The highest BCUT2D eigenvalue weighted by molar-refractivity contribution is 7.13. The fourth-order valence-corrected chi connectivity index (χ4v) is 2.10. The molecule has 0 radical (unpaired) electrons. The predicted octanol–water partition coefficient (Wildman–Crippen LogP) is 3.47. The number of hydrogen-bond donors (Lipinski definition) is 1. The smallest absolute Gasteiger partial charge is 0.211 e. The summed E-state index contributed by atoms with van der Waals surface area (Å²) in [6.45, 7) is 1.74. The number of rotatable bonds is 2. The average Bonchev–Trinajstić information content (AvgIpc) is 2.66. The Morgan fingerprint density at radius 3 is 2.69 bits per heavy atom. The molecule has 0 aliphatic heterocycles. The van der Waals surface area contributed by atoms with Gasteiger partial charge in [0.1, 0.15) is 0 Å². The van der Waals surface area contributed by atoms with Gasteiger partial charge in [-0.3, -0.25) is 0 Å². The van der Waals surface area contributed by atoms with Gasteiger partial charge in [-0.15, -0.1) is 11.3 Å². The van der Waals surface area contributed by atoms with Crippen molar-refractivity contribution in [3.05, 3.63) is 34.7 Å². The summed E-state index contributed by atoms with van der Waals surface area (Å²) in [6.07, 6.45) is 0. The summed E-state index contributed by atoms with van der Waals surface area (Å²) in [4.78, 5) is 8.46. The summed E-state index contributed by atoms with van der Waals surface area (Å²) in [5.41, 5.74) is 7.41. The molecule has 0 saturated heterocycles. The van der Waals surface area contributed by atoms with Crippen molar-refractivity contribution in [1.29, 1.82) is 0 Å². The first-order valence-electron chi connectivity index (χ1n) is 4.67. The van der Waals surface area contributed by atoms with E-state index in [0.717, 1.165) is 16.3 Å². The molecule has 16 heavy (non-hydrogen) atoms. The number of halogens is 1. The number of hydrogen-bond acceptors (Lipinski definition) is 3. The molecule has 0 unspecified atom stereocenters. The number of amidine groups is 1. The molecule has 2 N–H and O–H groups in total. The van der Waals surface area contributed by atoms with Crippen LogP contribution >= 0.6 is 22.9 Å². The molecule has 0 atom stereocenters. The van der Waals surface area contributed by atoms with E-state index in [9.17, 15) is 0 Å². The molecule has 2 rings (SSSR count). The molecule has 82 valence electrons. The van der Waals surface area contributed by atoms with Crippen LogP contribution in [0.3, 0.4) is 0 Å². The van der Waals surface area contributed by atoms with Crippen molar-refractivity contribution in [3.8, 4) is 11.3 Å². The molecule has 0 aliphatic carbocycles. The monoisotopic (exact) mass is 251 g/mol. The first-order valence-corrected chi connectivity index (χ1v) is 5.93. The summed E-state index contributed by atoms with van der Waals surface area (Å²) >= 11 is 7.28. The van der Waals surface area contributed by atoms with Crippen LogP contribution in [0.2, 0.25) is 5.02 Å². The molecule has 0 aliphatic rings.